The number of aliphatic carboxylic acids is 1. The van der Waals surface area contributed by atoms with E-state index in [1.54, 1.807) is 17.0 Å². The molecule has 2 aromatic rings. The Hall–Kier alpha value is -4.25. The molecule has 1 saturated heterocycles. The highest BCUT2D eigenvalue weighted by Gasteiger charge is 2.33. The zero-order chi connectivity index (χ0) is 30.5. The number of nitrogens with zero attached hydrogens (tertiary/aromatic N) is 1. The minimum absolute atomic E-state index is 0.0194. The Kier molecular flexibility index (Phi) is 12.5. The maximum absolute atomic E-state index is 13.4. The smallest absolute Gasteiger partial charge is 0.305 e. The number of morpholine rings is 1. The Labute approximate surface area is 246 Å². The first-order chi connectivity index (χ1) is 20.1. The van der Waals surface area contributed by atoms with Gasteiger partial charge in [-0.2, -0.15) is 0 Å². The van der Waals surface area contributed by atoms with Crippen molar-refractivity contribution in [2.75, 3.05) is 26.3 Å². The molecule has 0 unspecified atom stereocenters. The summed E-state index contributed by atoms with van der Waals surface area (Å²) in [4.78, 5) is 66.2. The number of amides is 4. The second-order valence-electron chi connectivity index (χ2n) is 10.8. The second kappa shape index (κ2) is 16.3. The van der Waals surface area contributed by atoms with Crippen molar-refractivity contribution in [2.24, 2.45) is 5.92 Å². The summed E-state index contributed by atoms with van der Waals surface area (Å²) in [5, 5.41) is 17.5. The molecule has 0 radical (unpaired) electrons. The van der Waals surface area contributed by atoms with Crippen molar-refractivity contribution in [1.29, 1.82) is 0 Å². The van der Waals surface area contributed by atoms with Crippen molar-refractivity contribution in [2.45, 2.75) is 57.7 Å². The number of benzene rings is 2. The van der Waals surface area contributed by atoms with E-state index in [4.69, 9.17) is 4.74 Å². The first-order valence-corrected chi connectivity index (χ1v) is 14.2. The molecule has 1 heterocycles. The lowest BCUT2D eigenvalue weighted by atomic mass is 10.0. The summed E-state index contributed by atoms with van der Waals surface area (Å²) in [6, 6.07) is 14.8. The SMILES string of the molecule is CC(C)C[C@H](NC(=O)Cc1ccccc1)C(=O)N[C@@H](CC(=O)O)C(=O)N[C@@H](Cc1ccccc1)C(=O)N1CCOCC1. The standard InChI is InChI=1S/C31H40N4O7/c1-21(2)17-24(32-27(36)19-23-11-7-4-8-12-23)29(39)33-25(20-28(37)38)30(40)34-26(18-22-9-5-3-6-10-22)31(41)35-13-15-42-16-14-35/h3-12,21,24-26H,13-20H2,1-2H3,(H,32,36)(H,33,39)(H,34,40)(H,37,38)/t24-,25-,26-/m0/s1. The molecule has 11 heteroatoms. The molecule has 0 aromatic heterocycles. The van der Waals surface area contributed by atoms with Crippen LogP contribution in [0.4, 0.5) is 0 Å². The van der Waals surface area contributed by atoms with Gasteiger partial charge in [0, 0.05) is 19.5 Å². The normalized spacial score (nSPS) is 15.3. The zero-order valence-electron chi connectivity index (χ0n) is 24.1. The van der Waals surface area contributed by atoms with Crippen molar-refractivity contribution < 1.29 is 33.8 Å². The number of carboxylic acids is 1. The maximum atomic E-state index is 13.4. The Morgan fingerprint density at radius 1 is 0.786 bits per heavy atom. The average molecular weight is 581 g/mol. The molecule has 3 atom stereocenters. The molecule has 226 valence electrons. The lowest BCUT2D eigenvalue weighted by Gasteiger charge is -2.31. The van der Waals surface area contributed by atoms with Crippen molar-refractivity contribution >= 4 is 29.6 Å². The predicted molar refractivity (Wildman–Crippen MR) is 155 cm³/mol. The van der Waals surface area contributed by atoms with Crippen LogP contribution in [-0.2, 0) is 41.6 Å². The van der Waals surface area contributed by atoms with Gasteiger partial charge in [-0.05, 0) is 23.5 Å². The van der Waals surface area contributed by atoms with Crippen molar-refractivity contribution in [3.8, 4) is 0 Å². The third-order valence-electron chi connectivity index (χ3n) is 6.80. The largest absolute Gasteiger partial charge is 0.481 e. The Balaban J connectivity index is 1.74. The number of ether oxygens (including phenoxy) is 1. The summed E-state index contributed by atoms with van der Waals surface area (Å²) in [5.74, 6) is -3.45. The topological polar surface area (TPSA) is 154 Å². The van der Waals surface area contributed by atoms with Crippen LogP contribution < -0.4 is 16.0 Å². The minimum atomic E-state index is -1.47. The maximum Gasteiger partial charge on any atom is 0.305 e. The van der Waals surface area contributed by atoms with Crippen molar-refractivity contribution in [3.05, 3.63) is 71.8 Å². The quantitative estimate of drug-likeness (QED) is 0.263. The lowest BCUT2D eigenvalue weighted by molar-refractivity contribution is -0.142. The van der Waals surface area contributed by atoms with E-state index < -0.39 is 42.3 Å². The van der Waals surface area contributed by atoms with E-state index in [-0.39, 0.29) is 37.0 Å². The lowest BCUT2D eigenvalue weighted by Crippen LogP contribution is -2.58. The van der Waals surface area contributed by atoms with Crippen LogP contribution >= 0.6 is 0 Å². The number of hydrogen-bond donors (Lipinski definition) is 4. The van der Waals surface area contributed by atoms with Gasteiger partial charge in [-0.1, -0.05) is 74.5 Å². The van der Waals surface area contributed by atoms with E-state index in [1.807, 2.05) is 62.4 Å². The number of carbonyl (C=O) groups is 5. The molecule has 4 amide bonds. The van der Waals surface area contributed by atoms with E-state index in [9.17, 15) is 29.1 Å². The summed E-state index contributed by atoms with van der Waals surface area (Å²) in [6.45, 7) is 5.27. The van der Waals surface area contributed by atoms with Gasteiger partial charge < -0.3 is 30.7 Å². The van der Waals surface area contributed by atoms with E-state index in [0.717, 1.165) is 11.1 Å². The molecular weight excluding hydrogens is 540 g/mol. The van der Waals surface area contributed by atoms with Crippen LogP contribution in [0.2, 0.25) is 0 Å². The van der Waals surface area contributed by atoms with Gasteiger partial charge in [-0.3, -0.25) is 24.0 Å². The van der Waals surface area contributed by atoms with Crippen molar-refractivity contribution in [3.63, 3.8) is 0 Å². The fourth-order valence-electron chi connectivity index (χ4n) is 4.71. The van der Waals surface area contributed by atoms with Gasteiger partial charge in [0.15, 0.2) is 0 Å². The van der Waals surface area contributed by atoms with Gasteiger partial charge in [0.25, 0.3) is 0 Å². The van der Waals surface area contributed by atoms with Crippen LogP contribution in [0.15, 0.2) is 60.7 Å². The van der Waals surface area contributed by atoms with Crippen LogP contribution in [0.5, 0.6) is 0 Å². The molecule has 0 saturated carbocycles. The fraction of sp³-hybridized carbons (Fsp3) is 0.452. The van der Waals surface area contributed by atoms with E-state index in [1.165, 1.54) is 0 Å². The monoisotopic (exact) mass is 580 g/mol. The van der Waals surface area contributed by atoms with Gasteiger partial charge in [-0.25, -0.2) is 0 Å². The number of nitrogens with one attached hydrogen (secondary N) is 3. The van der Waals surface area contributed by atoms with Crippen molar-refractivity contribution in [1.82, 2.24) is 20.9 Å². The van der Waals surface area contributed by atoms with E-state index in [2.05, 4.69) is 16.0 Å². The summed E-state index contributed by atoms with van der Waals surface area (Å²) >= 11 is 0. The number of carboxylic acid groups (broad SMARTS) is 1. The fourth-order valence-corrected chi connectivity index (χ4v) is 4.71. The highest BCUT2D eigenvalue weighted by Crippen LogP contribution is 2.11. The van der Waals surface area contributed by atoms with Crippen LogP contribution in [0.25, 0.3) is 0 Å². The minimum Gasteiger partial charge on any atom is -0.481 e. The molecule has 0 bridgehead atoms. The Morgan fingerprint density at radius 3 is 1.90 bits per heavy atom. The van der Waals surface area contributed by atoms with E-state index in [0.29, 0.717) is 26.3 Å². The molecule has 3 rings (SSSR count). The molecule has 0 aliphatic carbocycles. The summed E-state index contributed by atoms with van der Waals surface area (Å²) in [6.07, 6.45) is -0.178. The van der Waals surface area contributed by atoms with E-state index >= 15 is 0 Å². The first-order valence-electron chi connectivity index (χ1n) is 14.2. The Bertz CT molecular complexity index is 1200. The summed E-state index contributed by atoms with van der Waals surface area (Å²) < 4.78 is 5.34. The predicted octanol–water partition coefficient (Wildman–Crippen LogP) is 1.31. The number of rotatable bonds is 14. The van der Waals surface area contributed by atoms with Crippen LogP contribution in [-0.4, -0.2) is 84.0 Å². The van der Waals surface area contributed by atoms with Gasteiger partial charge in [-0.15, -0.1) is 0 Å². The van der Waals surface area contributed by atoms with Gasteiger partial charge >= 0.3 is 5.97 Å². The third kappa shape index (κ3) is 10.6. The Morgan fingerprint density at radius 2 is 1.33 bits per heavy atom. The number of hydrogen-bond acceptors (Lipinski definition) is 6. The molecule has 1 aliphatic heterocycles. The third-order valence-corrected chi connectivity index (χ3v) is 6.80. The van der Waals surface area contributed by atoms with Crippen LogP contribution in [0.1, 0.15) is 37.8 Å². The van der Waals surface area contributed by atoms with Crippen LogP contribution in [0.3, 0.4) is 0 Å². The highest BCUT2D eigenvalue weighted by molar-refractivity contribution is 5.96. The summed E-state index contributed by atoms with van der Waals surface area (Å²) in [7, 11) is 0. The number of carbonyl (C=O) groups excluding carboxylic acids is 4. The molecule has 11 nitrogen and oxygen atoms in total. The van der Waals surface area contributed by atoms with Crippen LogP contribution in [0, 0.1) is 5.92 Å². The van der Waals surface area contributed by atoms with Gasteiger partial charge in [0.05, 0.1) is 26.1 Å². The molecule has 4 N–H and O–H groups in total. The molecule has 0 spiro atoms. The first kappa shape index (κ1) is 32.3. The van der Waals surface area contributed by atoms with Gasteiger partial charge in [0.1, 0.15) is 18.1 Å². The molecule has 1 aliphatic rings. The molecule has 2 aromatic carbocycles. The molecule has 42 heavy (non-hydrogen) atoms. The van der Waals surface area contributed by atoms with Gasteiger partial charge in [0.2, 0.25) is 23.6 Å². The summed E-state index contributed by atoms with van der Waals surface area (Å²) in [5.41, 5.74) is 1.58. The molecular formula is C31H40N4O7. The highest BCUT2D eigenvalue weighted by atomic mass is 16.5. The average Bonchev–Trinajstić information content (AvgIpc) is 2.96. The molecule has 1 fully saturated rings. The second-order valence-corrected chi connectivity index (χ2v) is 10.8. The zero-order valence-corrected chi connectivity index (χ0v) is 24.1.